The highest BCUT2D eigenvalue weighted by molar-refractivity contribution is 5.78. The van der Waals surface area contributed by atoms with Crippen LogP contribution in [0.25, 0.3) is 0 Å². The standard InChI is InChI=1S/C15H22N2O2/c1-12-5-4-6-13(9-12)19-10-14(18)17-15(11-16)7-2-3-8-15/h4-6,9H,2-3,7-8,10-11,16H2,1H3,(H,17,18). The molecule has 4 heteroatoms. The van der Waals surface area contributed by atoms with E-state index in [-0.39, 0.29) is 18.1 Å². The number of aryl methyl sites for hydroxylation is 1. The van der Waals surface area contributed by atoms with Crippen LogP contribution in [0.5, 0.6) is 5.75 Å². The van der Waals surface area contributed by atoms with E-state index in [4.69, 9.17) is 10.5 Å². The molecule has 104 valence electrons. The Bertz CT molecular complexity index is 440. The van der Waals surface area contributed by atoms with Gasteiger partial charge in [0.2, 0.25) is 0 Å². The molecule has 0 bridgehead atoms. The normalized spacial score (nSPS) is 17.2. The first kappa shape index (κ1) is 13.9. The number of amides is 1. The SMILES string of the molecule is Cc1cccc(OCC(=O)NC2(CN)CCCC2)c1. The summed E-state index contributed by atoms with van der Waals surface area (Å²) >= 11 is 0. The second-order valence-electron chi connectivity index (χ2n) is 5.34. The molecule has 0 aromatic heterocycles. The van der Waals surface area contributed by atoms with Crippen LogP contribution in [-0.2, 0) is 4.79 Å². The summed E-state index contributed by atoms with van der Waals surface area (Å²) in [6.45, 7) is 2.54. The molecule has 1 saturated carbocycles. The van der Waals surface area contributed by atoms with E-state index in [1.807, 2.05) is 31.2 Å². The van der Waals surface area contributed by atoms with E-state index < -0.39 is 0 Å². The lowest BCUT2D eigenvalue weighted by molar-refractivity contribution is -0.124. The molecule has 3 N–H and O–H groups in total. The Balaban J connectivity index is 1.84. The summed E-state index contributed by atoms with van der Waals surface area (Å²) in [6, 6.07) is 7.69. The maximum atomic E-state index is 11.9. The lowest BCUT2D eigenvalue weighted by Crippen LogP contribution is -2.52. The van der Waals surface area contributed by atoms with E-state index in [0.29, 0.717) is 6.54 Å². The third-order valence-electron chi connectivity index (χ3n) is 3.72. The van der Waals surface area contributed by atoms with Crippen molar-refractivity contribution in [3.8, 4) is 5.75 Å². The van der Waals surface area contributed by atoms with Gasteiger partial charge >= 0.3 is 0 Å². The summed E-state index contributed by atoms with van der Waals surface area (Å²) in [5.41, 5.74) is 6.71. The van der Waals surface area contributed by atoms with E-state index in [0.717, 1.165) is 37.0 Å². The van der Waals surface area contributed by atoms with Crippen LogP contribution in [0.1, 0.15) is 31.2 Å². The number of carbonyl (C=O) groups is 1. The lowest BCUT2D eigenvalue weighted by atomic mass is 9.98. The molecule has 4 nitrogen and oxygen atoms in total. The first-order chi connectivity index (χ1) is 9.13. The van der Waals surface area contributed by atoms with Gasteiger partial charge in [0.25, 0.3) is 5.91 Å². The van der Waals surface area contributed by atoms with E-state index in [9.17, 15) is 4.79 Å². The van der Waals surface area contributed by atoms with Gasteiger partial charge < -0.3 is 15.8 Å². The Morgan fingerprint density at radius 3 is 2.79 bits per heavy atom. The van der Waals surface area contributed by atoms with Gasteiger partial charge in [0.1, 0.15) is 5.75 Å². The summed E-state index contributed by atoms with van der Waals surface area (Å²) in [7, 11) is 0. The molecule has 0 aliphatic heterocycles. The fourth-order valence-corrected chi connectivity index (χ4v) is 2.62. The van der Waals surface area contributed by atoms with E-state index in [1.165, 1.54) is 0 Å². The molecule has 1 aromatic carbocycles. The van der Waals surface area contributed by atoms with Gasteiger partial charge in [0.05, 0.1) is 5.54 Å². The summed E-state index contributed by atoms with van der Waals surface area (Å²) in [5, 5.41) is 3.04. The molecule has 1 fully saturated rings. The Kier molecular flexibility index (Phi) is 4.43. The number of benzene rings is 1. The van der Waals surface area contributed by atoms with Gasteiger partial charge in [0, 0.05) is 6.54 Å². The average Bonchev–Trinajstić information content (AvgIpc) is 2.86. The predicted octanol–water partition coefficient (Wildman–Crippen LogP) is 1.76. The average molecular weight is 262 g/mol. The van der Waals surface area contributed by atoms with Gasteiger partial charge in [-0.1, -0.05) is 25.0 Å². The van der Waals surface area contributed by atoms with E-state index >= 15 is 0 Å². The summed E-state index contributed by atoms with van der Waals surface area (Å²) in [5.74, 6) is 0.636. The van der Waals surface area contributed by atoms with Gasteiger partial charge in [-0.2, -0.15) is 0 Å². The van der Waals surface area contributed by atoms with Crippen molar-refractivity contribution in [2.75, 3.05) is 13.2 Å². The first-order valence-electron chi connectivity index (χ1n) is 6.84. The molecular weight excluding hydrogens is 240 g/mol. The molecule has 1 amide bonds. The van der Waals surface area contributed by atoms with Crippen LogP contribution in [0.3, 0.4) is 0 Å². The molecule has 0 spiro atoms. The number of nitrogens with two attached hydrogens (primary N) is 1. The molecule has 0 unspecified atom stereocenters. The highest BCUT2D eigenvalue weighted by Gasteiger charge is 2.33. The number of ether oxygens (including phenoxy) is 1. The molecule has 0 heterocycles. The van der Waals surface area contributed by atoms with Crippen molar-refractivity contribution in [3.05, 3.63) is 29.8 Å². The minimum Gasteiger partial charge on any atom is -0.484 e. The van der Waals surface area contributed by atoms with Crippen LogP contribution >= 0.6 is 0 Å². The molecule has 1 aliphatic carbocycles. The molecule has 1 aromatic rings. The highest BCUT2D eigenvalue weighted by atomic mass is 16.5. The Labute approximate surface area is 114 Å². The van der Waals surface area contributed by atoms with Crippen molar-refractivity contribution in [1.82, 2.24) is 5.32 Å². The van der Waals surface area contributed by atoms with Crippen molar-refractivity contribution >= 4 is 5.91 Å². The maximum Gasteiger partial charge on any atom is 0.258 e. The highest BCUT2D eigenvalue weighted by Crippen LogP contribution is 2.28. The van der Waals surface area contributed by atoms with Crippen LogP contribution in [0.15, 0.2) is 24.3 Å². The van der Waals surface area contributed by atoms with Crippen LogP contribution in [0.4, 0.5) is 0 Å². The van der Waals surface area contributed by atoms with Gasteiger partial charge in [-0.05, 0) is 37.5 Å². The van der Waals surface area contributed by atoms with Crippen molar-refractivity contribution in [3.63, 3.8) is 0 Å². The quantitative estimate of drug-likeness (QED) is 0.850. The predicted molar refractivity (Wildman–Crippen MR) is 75.1 cm³/mol. The van der Waals surface area contributed by atoms with Gasteiger partial charge in [0.15, 0.2) is 6.61 Å². The molecule has 0 radical (unpaired) electrons. The van der Waals surface area contributed by atoms with E-state index in [2.05, 4.69) is 5.32 Å². The van der Waals surface area contributed by atoms with Crippen LogP contribution in [0.2, 0.25) is 0 Å². The van der Waals surface area contributed by atoms with Gasteiger partial charge in [-0.25, -0.2) is 0 Å². The second kappa shape index (κ2) is 6.06. The maximum absolute atomic E-state index is 11.9. The lowest BCUT2D eigenvalue weighted by Gasteiger charge is -2.28. The Morgan fingerprint density at radius 1 is 1.42 bits per heavy atom. The molecule has 1 aliphatic rings. The number of hydrogen-bond acceptors (Lipinski definition) is 3. The summed E-state index contributed by atoms with van der Waals surface area (Å²) < 4.78 is 5.50. The van der Waals surface area contributed by atoms with Crippen molar-refractivity contribution in [1.29, 1.82) is 0 Å². The molecular formula is C15H22N2O2. The Morgan fingerprint density at radius 2 is 2.16 bits per heavy atom. The molecule has 2 rings (SSSR count). The third-order valence-corrected chi connectivity index (χ3v) is 3.72. The zero-order valence-electron chi connectivity index (χ0n) is 11.4. The van der Waals surface area contributed by atoms with Crippen LogP contribution in [0, 0.1) is 6.92 Å². The van der Waals surface area contributed by atoms with Crippen LogP contribution in [-0.4, -0.2) is 24.6 Å². The topological polar surface area (TPSA) is 64.3 Å². The van der Waals surface area contributed by atoms with E-state index in [1.54, 1.807) is 0 Å². The number of carbonyl (C=O) groups excluding carboxylic acids is 1. The number of hydrogen-bond donors (Lipinski definition) is 2. The minimum atomic E-state index is -0.201. The number of rotatable bonds is 5. The summed E-state index contributed by atoms with van der Waals surface area (Å²) in [6.07, 6.45) is 4.21. The fraction of sp³-hybridized carbons (Fsp3) is 0.533. The third kappa shape index (κ3) is 3.70. The molecule has 0 atom stereocenters. The van der Waals surface area contributed by atoms with Crippen molar-refractivity contribution in [2.24, 2.45) is 5.73 Å². The zero-order valence-corrected chi connectivity index (χ0v) is 11.4. The zero-order chi connectivity index (χ0) is 13.7. The van der Waals surface area contributed by atoms with Gasteiger partial charge in [-0.3, -0.25) is 4.79 Å². The Hall–Kier alpha value is -1.55. The van der Waals surface area contributed by atoms with Crippen molar-refractivity contribution < 1.29 is 9.53 Å². The largest absolute Gasteiger partial charge is 0.484 e. The minimum absolute atomic E-state index is 0.0468. The monoisotopic (exact) mass is 262 g/mol. The van der Waals surface area contributed by atoms with Crippen LogP contribution < -0.4 is 15.8 Å². The summed E-state index contributed by atoms with van der Waals surface area (Å²) in [4.78, 5) is 11.9. The smallest absolute Gasteiger partial charge is 0.258 e. The fourth-order valence-electron chi connectivity index (χ4n) is 2.62. The number of nitrogens with one attached hydrogen (secondary N) is 1. The molecule has 19 heavy (non-hydrogen) atoms. The van der Waals surface area contributed by atoms with Gasteiger partial charge in [-0.15, -0.1) is 0 Å². The molecule has 0 saturated heterocycles. The first-order valence-corrected chi connectivity index (χ1v) is 6.84. The second-order valence-corrected chi connectivity index (χ2v) is 5.34. The van der Waals surface area contributed by atoms with Crippen molar-refractivity contribution in [2.45, 2.75) is 38.1 Å².